The van der Waals surface area contributed by atoms with Gasteiger partial charge >= 0.3 is 0 Å². The molecule has 28 heavy (non-hydrogen) atoms. The number of halogens is 1. The molecule has 2 aromatic rings. The molecule has 152 valence electrons. The number of aromatic nitrogens is 2. The first-order valence-corrected chi connectivity index (χ1v) is 11.7. The lowest BCUT2D eigenvalue weighted by Crippen LogP contribution is -2.36. The maximum absolute atomic E-state index is 13.3. The molecule has 1 aliphatic carbocycles. The summed E-state index contributed by atoms with van der Waals surface area (Å²) >= 11 is 7.67. The van der Waals surface area contributed by atoms with Crippen LogP contribution < -0.4 is 5.32 Å². The van der Waals surface area contributed by atoms with Gasteiger partial charge in [0.15, 0.2) is 5.69 Å². The van der Waals surface area contributed by atoms with Crippen molar-refractivity contribution in [3.05, 3.63) is 38.3 Å². The summed E-state index contributed by atoms with van der Waals surface area (Å²) in [5.41, 5.74) is 3.13. The SMILES string of the molecule is CCn1nc(C(=O)N2CCCCCC2)c2c1CC[C@@H](NCc1ccc(Cl)s1)C2. The highest BCUT2D eigenvalue weighted by molar-refractivity contribution is 7.16. The summed E-state index contributed by atoms with van der Waals surface area (Å²) < 4.78 is 2.88. The van der Waals surface area contributed by atoms with Gasteiger partial charge in [-0.2, -0.15) is 5.10 Å². The molecular weight excluding hydrogens is 392 g/mol. The van der Waals surface area contributed by atoms with Gasteiger partial charge in [-0.1, -0.05) is 24.4 Å². The van der Waals surface area contributed by atoms with Crippen LogP contribution in [-0.2, 0) is 25.9 Å². The minimum atomic E-state index is 0.135. The number of hydrogen-bond acceptors (Lipinski definition) is 4. The topological polar surface area (TPSA) is 50.2 Å². The minimum Gasteiger partial charge on any atom is -0.337 e. The molecule has 1 fully saturated rings. The molecular formula is C21H29ClN4OS. The highest BCUT2D eigenvalue weighted by atomic mass is 35.5. The third kappa shape index (κ3) is 4.29. The van der Waals surface area contributed by atoms with Crippen molar-refractivity contribution in [2.24, 2.45) is 0 Å². The molecule has 0 saturated carbocycles. The number of thiophene rings is 1. The standard InChI is InChI=1S/C21H29ClN4OS/c1-2-26-18-9-7-15(23-14-16-8-10-19(22)28-16)13-17(18)20(24-26)21(27)25-11-5-3-4-6-12-25/h8,10,15,23H,2-7,9,11-14H2,1H3/t15-/m1/s1. The number of fused-ring (bicyclic) bond motifs is 1. The lowest BCUT2D eigenvalue weighted by atomic mass is 9.91. The number of rotatable bonds is 5. The van der Waals surface area contributed by atoms with Crippen LogP contribution in [0.2, 0.25) is 4.34 Å². The van der Waals surface area contributed by atoms with Gasteiger partial charge in [0, 0.05) is 48.4 Å². The van der Waals surface area contributed by atoms with Gasteiger partial charge in [0.05, 0.1) is 4.34 Å². The van der Waals surface area contributed by atoms with E-state index in [0.29, 0.717) is 11.7 Å². The van der Waals surface area contributed by atoms with Crippen molar-refractivity contribution in [1.29, 1.82) is 0 Å². The maximum atomic E-state index is 13.3. The van der Waals surface area contributed by atoms with Crippen molar-refractivity contribution < 1.29 is 4.79 Å². The average Bonchev–Trinajstić information content (AvgIpc) is 3.17. The van der Waals surface area contributed by atoms with Crippen LogP contribution in [0.4, 0.5) is 0 Å². The lowest BCUT2D eigenvalue weighted by Gasteiger charge is -2.25. The third-order valence-electron chi connectivity index (χ3n) is 5.94. The Morgan fingerprint density at radius 1 is 1.29 bits per heavy atom. The van der Waals surface area contributed by atoms with Crippen LogP contribution >= 0.6 is 22.9 Å². The highest BCUT2D eigenvalue weighted by Crippen LogP contribution is 2.27. The Balaban J connectivity index is 1.50. The van der Waals surface area contributed by atoms with E-state index in [1.807, 2.05) is 11.0 Å². The zero-order chi connectivity index (χ0) is 19.5. The third-order valence-corrected chi connectivity index (χ3v) is 7.17. The van der Waals surface area contributed by atoms with E-state index in [2.05, 4.69) is 23.0 Å². The molecule has 0 bridgehead atoms. The maximum Gasteiger partial charge on any atom is 0.274 e. The fourth-order valence-electron chi connectivity index (χ4n) is 4.41. The number of carbonyl (C=O) groups is 1. The van der Waals surface area contributed by atoms with Crippen LogP contribution in [0.5, 0.6) is 0 Å². The van der Waals surface area contributed by atoms with Crippen molar-refractivity contribution in [3.63, 3.8) is 0 Å². The largest absolute Gasteiger partial charge is 0.337 e. The van der Waals surface area contributed by atoms with Gasteiger partial charge in [0.25, 0.3) is 5.91 Å². The fourth-order valence-corrected chi connectivity index (χ4v) is 5.45. The van der Waals surface area contributed by atoms with E-state index in [1.165, 1.54) is 29.0 Å². The van der Waals surface area contributed by atoms with Crippen LogP contribution in [0.25, 0.3) is 0 Å². The van der Waals surface area contributed by atoms with E-state index in [4.69, 9.17) is 16.7 Å². The van der Waals surface area contributed by atoms with Gasteiger partial charge in [-0.05, 0) is 51.2 Å². The van der Waals surface area contributed by atoms with Crippen LogP contribution in [0.15, 0.2) is 12.1 Å². The average molecular weight is 421 g/mol. The van der Waals surface area contributed by atoms with Gasteiger partial charge in [0.2, 0.25) is 0 Å². The van der Waals surface area contributed by atoms with Gasteiger partial charge < -0.3 is 10.2 Å². The number of hydrogen-bond donors (Lipinski definition) is 1. The second kappa shape index (κ2) is 8.97. The Bertz CT molecular complexity index is 822. The van der Waals surface area contributed by atoms with Gasteiger partial charge in [-0.3, -0.25) is 9.48 Å². The summed E-state index contributed by atoms with van der Waals surface area (Å²) in [6.07, 6.45) is 7.60. The van der Waals surface area contributed by atoms with E-state index in [1.54, 1.807) is 11.3 Å². The van der Waals surface area contributed by atoms with E-state index < -0.39 is 0 Å². The summed E-state index contributed by atoms with van der Waals surface area (Å²) in [7, 11) is 0. The van der Waals surface area contributed by atoms with Crippen molar-refractivity contribution >= 4 is 28.8 Å². The van der Waals surface area contributed by atoms with E-state index in [0.717, 1.165) is 62.6 Å². The predicted octanol–water partition coefficient (Wildman–Crippen LogP) is 4.28. The molecule has 1 N–H and O–H groups in total. The Kier molecular flexibility index (Phi) is 6.38. The number of aryl methyl sites for hydroxylation is 1. The summed E-state index contributed by atoms with van der Waals surface area (Å²) in [4.78, 5) is 16.5. The number of amides is 1. The number of nitrogens with zero attached hydrogens (tertiary/aromatic N) is 3. The number of likely N-dealkylation sites (tertiary alicyclic amines) is 1. The van der Waals surface area contributed by atoms with Crippen molar-refractivity contribution in [3.8, 4) is 0 Å². The zero-order valence-corrected chi connectivity index (χ0v) is 18.1. The molecule has 0 spiro atoms. The first-order valence-electron chi connectivity index (χ1n) is 10.5. The zero-order valence-electron chi connectivity index (χ0n) is 16.5. The summed E-state index contributed by atoms with van der Waals surface area (Å²) in [5, 5.41) is 8.42. The normalized spacial score (nSPS) is 20.1. The Morgan fingerprint density at radius 3 is 2.75 bits per heavy atom. The lowest BCUT2D eigenvalue weighted by molar-refractivity contribution is 0.0753. The van der Waals surface area contributed by atoms with Gasteiger partial charge in [0.1, 0.15) is 0 Å². The summed E-state index contributed by atoms with van der Waals surface area (Å²) in [6, 6.07) is 4.40. The second-order valence-corrected chi connectivity index (χ2v) is 9.62. The summed E-state index contributed by atoms with van der Waals surface area (Å²) in [5.74, 6) is 0.135. The van der Waals surface area contributed by atoms with Crippen LogP contribution in [0, 0.1) is 0 Å². The molecule has 3 heterocycles. The molecule has 2 aromatic heterocycles. The molecule has 5 nitrogen and oxygen atoms in total. The van der Waals surface area contributed by atoms with Crippen molar-refractivity contribution in [2.45, 2.75) is 71.0 Å². The van der Waals surface area contributed by atoms with Gasteiger partial charge in [-0.25, -0.2) is 0 Å². The minimum absolute atomic E-state index is 0.135. The first-order chi connectivity index (χ1) is 13.7. The molecule has 0 radical (unpaired) electrons. The first kappa shape index (κ1) is 19.9. The fraction of sp³-hybridized carbons (Fsp3) is 0.619. The monoisotopic (exact) mass is 420 g/mol. The molecule has 7 heteroatoms. The van der Waals surface area contributed by atoms with Gasteiger partial charge in [-0.15, -0.1) is 11.3 Å². The number of nitrogens with one attached hydrogen (secondary N) is 1. The second-order valence-electron chi connectivity index (χ2n) is 7.82. The van der Waals surface area contributed by atoms with E-state index >= 15 is 0 Å². The predicted molar refractivity (Wildman–Crippen MR) is 114 cm³/mol. The molecule has 1 aliphatic heterocycles. The van der Waals surface area contributed by atoms with Crippen molar-refractivity contribution in [1.82, 2.24) is 20.0 Å². The molecule has 0 unspecified atom stereocenters. The molecule has 0 aromatic carbocycles. The smallest absolute Gasteiger partial charge is 0.274 e. The molecule has 4 rings (SSSR count). The van der Waals surface area contributed by atoms with E-state index in [9.17, 15) is 4.79 Å². The Morgan fingerprint density at radius 2 is 2.07 bits per heavy atom. The molecule has 1 atom stereocenters. The quantitative estimate of drug-likeness (QED) is 0.785. The number of carbonyl (C=O) groups excluding carboxylic acids is 1. The Hall–Kier alpha value is -1.37. The van der Waals surface area contributed by atoms with E-state index in [-0.39, 0.29) is 5.91 Å². The van der Waals surface area contributed by atoms with Crippen LogP contribution in [-0.4, -0.2) is 39.7 Å². The Labute approximate surface area is 176 Å². The summed E-state index contributed by atoms with van der Waals surface area (Å²) in [6.45, 7) is 5.50. The van der Waals surface area contributed by atoms with Crippen molar-refractivity contribution in [2.75, 3.05) is 13.1 Å². The van der Waals surface area contributed by atoms with Crippen LogP contribution in [0.1, 0.15) is 65.7 Å². The molecule has 1 amide bonds. The molecule has 1 saturated heterocycles. The van der Waals surface area contributed by atoms with Crippen LogP contribution in [0.3, 0.4) is 0 Å². The molecule has 2 aliphatic rings. The highest BCUT2D eigenvalue weighted by Gasteiger charge is 2.31.